The third-order valence-corrected chi connectivity index (χ3v) is 5.19. The number of pyridine rings is 1. The molecule has 0 bridgehead atoms. The van der Waals surface area contributed by atoms with Gasteiger partial charge in [0.2, 0.25) is 5.91 Å². The van der Waals surface area contributed by atoms with Crippen LogP contribution in [-0.2, 0) is 4.79 Å². The Morgan fingerprint density at radius 1 is 1.42 bits per heavy atom. The van der Waals surface area contributed by atoms with Crippen LogP contribution < -0.4 is 16.0 Å². The summed E-state index contributed by atoms with van der Waals surface area (Å²) in [6, 6.07) is 0.183. The summed E-state index contributed by atoms with van der Waals surface area (Å²) in [5.41, 5.74) is 8.81. The van der Waals surface area contributed by atoms with Crippen molar-refractivity contribution in [3.8, 4) is 0 Å². The Morgan fingerprint density at radius 3 is 2.92 bits per heavy atom. The number of carbonyl (C=O) groups is 1. The van der Waals surface area contributed by atoms with E-state index in [4.69, 9.17) is 5.73 Å². The minimum atomic E-state index is 0. The van der Waals surface area contributed by atoms with E-state index in [1.54, 1.807) is 6.20 Å². The number of carbonyl (C=O) groups excluding carboxylic acids is 1. The number of nitrogens with two attached hydrogens (primary N) is 1. The highest BCUT2D eigenvalue weighted by Gasteiger charge is 2.31. The van der Waals surface area contributed by atoms with Gasteiger partial charge < -0.3 is 20.9 Å². The van der Waals surface area contributed by atoms with E-state index >= 15 is 0 Å². The summed E-state index contributed by atoms with van der Waals surface area (Å²) in [6.45, 7) is 1.78. The van der Waals surface area contributed by atoms with Crippen molar-refractivity contribution >= 4 is 44.2 Å². The molecule has 130 valence electrons. The molecule has 2 aliphatic rings. The number of hydrogen-bond acceptors (Lipinski definition) is 4. The molecule has 2 aromatic rings. The Balaban J connectivity index is 0.00000169. The smallest absolute Gasteiger partial charge is 0.227 e. The van der Waals surface area contributed by atoms with Crippen molar-refractivity contribution in [2.45, 2.75) is 39.2 Å². The van der Waals surface area contributed by atoms with Gasteiger partial charge in [0.05, 0.1) is 21.2 Å². The van der Waals surface area contributed by atoms with Gasteiger partial charge in [-0.3, -0.25) is 4.79 Å². The van der Waals surface area contributed by atoms with Gasteiger partial charge in [-0.25, -0.2) is 4.98 Å². The van der Waals surface area contributed by atoms with Crippen molar-refractivity contribution in [1.29, 1.82) is 0 Å². The van der Waals surface area contributed by atoms with Crippen LogP contribution in [0.15, 0.2) is 16.9 Å². The first-order chi connectivity index (χ1) is 11.1. The predicted octanol–water partition coefficient (Wildman–Crippen LogP) is 3.24. The second-order valence-corrected chi connectivity index (χ2v) is 7.35. The van der Waals surface area contributed by atoms with Gasteiger partial charge in [0.1, 0.15) is 5.65 Å². The highest BCUT2D eigenvalue weighted by Crippen LogP contribution is 2.39. The van der Waals surface area contributed by atoms with Crippen LogP contribution in [0.2, 0.25) is 0 Å². The molecule has 24 heavy (non-hydrogen) atoms. The summed E-state index contributed by atoms with van der Waals surface area (Å²) in [4.78, 5) is 22.0. The molecule has 1 amide bonds. The van der Waals surface area contributed by atoms with Crippen LogP contribution in [0.4, 0.5) is 11.4 Å². The standard InChI is InChI=1S/C16H20BrN5O.CH4/c17-11-6-19-15-13(14(11)22-5-1-2-10(18)8-22)12(7-20-15)21-16(23)9-3-4-9;/h6-7,9-10H,1-5,8,18H2,(H,19,20)(H,21,23);1H4/t10-;/m1./s1. The van der Waals surface area contributed by atoms with E-state index in [0.717, 1.165) is 65.7 Å². The molecule has 3 heterocycles. The third-order valence-electron chi connectivity index (χ3n) is 4.61. The van der Waals surface area contributed by atoms with Gasteiger partial charge in [0, 0.05) is 37.4 Å². The maximum Gasteiger partial charge on any atom is 0.227 e. The number of nitrogens with zero attached hydrogens (tertiary/aromatic N) is 2. The summed E-state index contributed by atoms with van der Waals surface area (Å²) in [5, 5.41) is 4.02. The molecule has 0 unspecified atom stereocenters. The van der Waals surface area contributed by atoms with E-state index in [1.807, 2.05) is 6.20 Å². The molecule has 1 saturated heterocycles. The number of anilines is 2. The van der Waals surface area contributed by atoms with E-state index < -0.39 is 0 Å². The number of aromatic amines is 1. The lowest BCUT2D eigenvalue weighted by Crippen LogP contribution is -2.43. The van der Waals surface area contributed by atoms with Crippen LogP contribution in [0, 0.1) is 5.92 Å². The number of rotatable bonds is 3. The first-order valence-corrected chi connectivity index (χ1v) is 8.89. The fraction of sp³-hybridized carbons (Fsp3) is 0.529. The largest absolute Gasteiger partial charge is 0.368 e. The van der Waals surface area contributed by atoms with E-state index in [9.17, 15) is 4.79 Å². The molecule has 4 N–H and O–H groups in total. The Bertz CT molecular complexity index is 755. The lowest BCUT2D eigenvalue weighted by Gasteiger charge is -2.33. The SMILES string of the molecule is C.N[C@@H]1CCCN(c2c(Br)cnc3[nH]cc(NC(=O)C4CC4)c23)C1. The number of nitrogens with one attached hydrogen (secondary N) is 2. The molecule has 4 rings (SSSR count). The highest BCUT2D eigenvalue weighted by atomic mass is 79.9. The Labute approximate surface area is 150 Å². The molecule has 0 spiro atoms. The van der Waals surface area contributed by atoms with E-state index in [1.165, 1.54) is 0 Å². The molecule has 1 atom stereocenters. The minimum absolute atomic E-state index is 0. The van der Waals surface area contributed by atoms with E-state index in [2.05, 4.69) is 36.1 Å². The highest BCUT2D eigenvalue weighted by molar-refractivity contribution is 9.10. The summed E-state index contributed by atoms with van der Waals surface area (Å²) < 4.78 is 0.931. The van der Waals surface area contributed by atoms with Gasteiger partial charge in [-0.15, -0.1) is 0 Å². The van der Waals surface area contributed by atoms with Crippen LogP contribution >= 0.6 is 15.9 Å². The molecular weight excluding hydrogens is 370 g/mol. The molecule has 0 radical (unpaired) electrons. The average molecular weight is 394 g/mol. The van der Waals surface area contributed by atoms with Crippen LogP contribution in [0.3, 0.4) is 0 Å². The monoisotopic (exact) mass is 393 g/mol. The van der Waals surface area contributed by atoms with Crippen molar-refractivity contribution < 1.29 is 4.79 Å². The van der Waals surface area contributed by atoms with Crippen molar-refractivity contribution in [1.82, 2.24) is 9.97 Å². The molecule has 0 aromatic carbocycles. The van der Waals surface area contributed by atoms with Crippen molar-refractivity contribution in [2.24, 2.45) is 11.7 Å². The molecule has 6 nitrogen and oxygen atoms in total. The van der Waals surface area contributed by atoms with Crippen molar-refractivity contribution in [3.05, 3.63) is 16.9 Å². The Kier molecular flexibility index (Phi) is 4.83. The second-order valence-electron chi connectivity index (χ2n) is 6.49. The van der Waals surface area contributed by atoms with Gasteiger partial charge in [-0.1, -0.05) is 7.43 Å². The number of fused-ring (bicyclic) bond motifs is 1. The van der Waals surface area contributed by atoms with Crippen LogP contribution in [0.1, 0.15) is 33.1 Å². The Morgan fingerprint density at radius 2 is 2.21 bits per heavy atom. The molecule has 1 saturated carbocycles. The van der Waals surface area contributed by atoms with Crippen LogP contribution in [-0.4, -0.2) is 35.0 Å². The average Bonchev–Trinajstić information content (AvgIpc) is 3.31. The number of piperidine rings is 1. The summed E-state index contributed by atoms with van der Waals surface area (Å²) in [6.07, 6.45) is 7.75. The minimum Gasteiger partial charge on any atom is -0.368 e. The zero-order valence-electron chi connectivity index (χ0n) is 12.8. The van der Waals surface area contributed by atoms with Crippen LogP contribution in [0.25, 0.3) is 11.0 Å². The quantitative estimate of drug-likeness (QED) is 0.746. The maximum absolute atomic E-state index is 12.2. The molecule has 2 fully saturated rings. The second kappa shape index (κ2) is 6.72. The lowest BCUT2D eigenvalue weighted by atomic mass is 10.1. The van der Waals surface area contributed by atoms with Crippen molar-refractivity contribution in [3.63, 3.8) is 0 Å². The number of aromatic nitrogens is 2. The van der Waals surface area contributed by atoms with Gasteiger partial charge in [0.15, 0.2) is 0 Å². The fourth-order valence-electron chi connectivity index (χ4n) is 3.26. The normalized spacial score (nSPS) is 20.8. The van der Waals surface area contributed by atoms with Gasteiger partial charge in [0.25, 0.3) is 0 Å². The number of halogens is 1. The summed E-state index contributed by atoms with van der Waals surface area (Å²) in [7, 11) is 0. The van der Waals surface area contributed by atoms with E-state index in [-0.39, 0.29) is 25.3 Å². The number of H-pyrrole nitrogens is 1. The number of amides is 1. The zero-order valence-corrected chi connectivity index (χ0v) is 14.4. The zero-order chi connectivity index (χ0) is 16.0. The predicted molar refractivity (Wildman–Crippen MR) is 101 cm³/mol. The number of hydrogen-bond donors (Lipinski definition) is 3. The fourth-order valence-corrected chi connectivity index (χ4v) is 3.81. The van der Waals surface area contributed by atoms with Gasteiger partial charge in [-0.2, -0.15) is 0 Å². The summed E-state index contributed by atoms with van der Waals surface area (Å²) in [5.74, 6) is 0.277. The molecule has 2 aromatic heterocycles. The van der Waals surface area contributed by atoms with Crippen molar-refractivity contribution in [2.75, 3.05) is 23.3 Å². The molecule has 1 aliphatic heterocycles. The summed E-state index contributed by atoms with van der Waals surface area (Å²) >= 11 is 3.63. The third kappa shape index (κ3) is 3.15. The maximum atomic E-state index is 12.2. The molecular formula is C17H24BrN5O. The first kappa shape index (κ1) is 17.2. The van der Waals surface area contributed by atoms with Gasteiger partial charge >= 0.3 is 0 Å². The topological polar surface area (TPSA) is 87.0 Å². The Hall–Kier alpha value is -1.60. The van der Waals surface area contributed by atoms with Gasteiger partial charge in [-0.05, 0) is 41.6 Å². The van der Waals surface area contributed by atoms with Crippen LogP contribution in [0.5, 0.6) is 0 Å². The first-order valence-electron chi connectivity index (χ1n) is 8.10. The molecule has 7 heteroatoms. The molecule has 1 aliphatic carbocycles. The lowest BCUT2D eigenvalue weighted by molar-refractivity contribution is -0.117. The van der Waals surface area contributed by atoms with E-state index in [0.29, 0.717) is 0 Å².